The van der Waals surface area contributed by atoms with Crippen LogP contribution in [0.25, 0.3) is 15.7 Å². The second-order valence-electron chi connectivity index (χ2n) is 8.43. The number of fused-ring (bicyclic) bond motifs is 1. The lowest BCUT2D eigenvalue weighted by molar-refractivity contribution is -0.117. The quantitative estimate of drug-likeness (QED) is 0.191. The van der Waals surface area contributed by atoms with Gasteiger partial charge in [0.2, 0.25) is 5.69 Å². The molecule has 0 unspecified atom stereocenters. The highest BCUT2D eigenvalue weighted by molar-refractivity contribution is 5.91. The Morgan fingerprint density at radius 1 is 0.895 bits per heavy atom. The number of hydrogen-bond acceptors (Lipinski definition) is 7. The van der Waals surface area contributed by atoms with E-state index in [1.807, 2.05) is 48.5 Å². The van der Waals surface area contributed by atoms with Gasteiger partial charge in [0, 0.05) is 24.4 Å². The molecular weight excluding hydrogens is 484 g/mol. The third-order valence-corrected chi connectivity index (χ3v) is 5.74. The number of ether oxygens (including phenoxy) is 4. The van der Waals surface area contributed by atoms with Crippen LogP contribution in [0, 0.1) is 6.57 Å². The fraction of sp³-hybridized carbons (Fsp3) is 0.233. The molecule has 194 valence electrons. The minimum Gasteiger partial charge on any atom is -0.502 e. The summed E-state index contributed by atoms with van der Waals surface area (Å²) in [6, 6.07) is 20.0. The Labute approximate surface area is 221 Å². The number of hydrogen-bond donors (Lipinski definition) is 1. The molecule has 38 heavy (non-hydrogen) atoms. The van der Waals surface area contributed by atoms with Crippen LogP contribution in [0.4, 0.5) is 5.69 Å². The maximum atomic E-state index is 12.5. The fourth-order valence-electron chi connectivity index (χ4n) is 3.87. The Balaban J connectivity index is 1.41. The van der Waals surface area contributed by atoms with E-state index in [0.717, 1.165) is 16.9 Å². The lowest BCUT2D eigenvalue weighted by atomic mass is 10.0. The van der Waals surface area contributed by atoms with Gasteiger partial charge in [-0.05, 0) is 53.6 Å². The summed E-state index contributed by atoms with van der Waals surface area (Å²) in [7, 11) is 1.61. The second kappa shape index (κ2) is 13.2. The lowest BCUT2D eigenvalue weighted by Gasteiger charge is -2.12. The van der Waals surface area contributed by atoms with Gasteiger partial charge < -0.3 is 24.1 Å². The molecule has 0 aliphatic rings. The van der Waals surface area contributed by atoms with Gasteiger partial charge in [-0.3, -0.25) is 9.78 Å². The molecule has 4 aromatic rings. The maximum absolute atomic E-state index is 12.5. The minimum atomic E-state index is -0.0542. The van der Waals surface area contributed by atoms with E-state index < -0.39 is 0 Å². The molecule has 0 bridgehead atoms. The van der Waals surface area contributed by atoms with E-state index in [1.54, 1.807) is 31.5 Å². The van der Waals surface area contributed by atoms with Crippen molar-refractivity contribution in [3.8, 4) is 23.0 Å². The smallest absolute Gasteiger partial charge is 0.229 e. The Morgan fingerprint density at radius 3 is 2.21 bits per heavy atom. The van der Waals surface area contributed by atoms with Crippen molar-refractivity contribution >= 4 is 22.4 Å². The molecule has 4 rings (SSSR count). The van der Waals surface area contributed by atoms with Crippen LogP contribution in [0.2, 0.25) is 0 Å². The second-order valence-corrected chi connectivity index (χ2v) is 8.43. The summed E-state index contributed by atoms with van der Waals surface area (Å²) < 4.78 is 22.2. The number of methoxy groups -OCH3 is 1. The number of Topliss-reactive ketones (excluding diaryl/α,β-unsaturated/α-hetero) is 1. The Morgan fingerprint density at radius 2 is 1.58 bits per heavy atom. The SMILES string of the molecule is [C-]#[N+]c1cc2c(Oc3ccc(CC(=O)Cc4ccc(OC)cc4)cc3)ccnc2cc1OCCOCCO. The van der Waals surface area contributed by atoms with Gasteiger partial charge in [-0.15, -0.1) is 0 Å². The van der Waals surface area contributed by atoms with Gasteiger partial charge in [-0.25, -0.2) is 4.85 Å². The Kier molecular flexibility index (Phi) is 9.24. The Bertz CT molecular complexity index is 1410. The topological polar surface area (TPSA) is 91.5 Å². The van der Waals surface area contributed by atoms with Crippen molar-refractivity contribution in [1.29, 1.82) is 0 Å². The molecule has 1 aromatic heterocycles. The first kappa shape index (κ1) is 26.6. The average Bonchev–Trinajstić information content (AvgIpc) is 2.94. The normalized spacial score (nSPS) is 10.7. The Hall–Kier alpha value is -4.45. The number of ketones is 1. The minimum absolute atomic E-state index is 0.0542. The van der Waals surface area contributed by atoms with Gasteiger partial charge in [0.05, 0.1) is 39.0 Å². The summed E-state index contributed by atoms with van der Waals surface area (Å²) in [6.45, 7) is 8.29. The molecule has 0 fully saturated rings. The molecule has 1 N–H and O–H groups in total. The number of aliphatic hydroxyl groups is 1. The number of rotatable bonds is 13. The summed E-state index contributed by atoms with van der Waals surface area (Å²) in [5, 5.41) is 9.47. The lowest BCUT2D eigenvalue weighted by Crippen LogP contribution is -2.09. The summed E-state index contributed by atoms with van der Waals surface area (Å²) in [5.41, 5.74) is 2.81. The van der Waals surface area contributed by atoms with Crippen LogP contribution in [-0.2, 0) is 22.4 Å². The van der Waals surface area contributed by atoms with Gasteiger partial charge in [-0.1, -0.05) is 24.3 Å². The zero-order valence-corrected chi connectivity index (χ0v) is 21.1. The van der Waals surface area contributed by atoms with E-state index in [9.17, 15) is 4.79 Å². The summed E-state index contributed by atoms with van der Waals surface area (Å²) in [4.78, 5) is 20.5. The monoisotopic (exact) mass is 512 g/mol. The molecule has 0 radical (unpaired) electrons. The van der Waals surface area contributed by atoms with Crippen LogP contribution in [0.3, 0.4) is 0 Å². The highest BCUT2D eigenvalue weighted by atomic mass is 16.5. The van der Waals surface area contributed by atoms with Gasteiger partial charge >= 0.3 is 0 Å². The number of aliphatic hydroxyl groups excluding tert-OH is 1. The first-order valence-corrected chi connectivity index (χ1v) is 12.1. The summed E-state index contributed by atoms with van der Waals surface area (Å²) in [5.74, 6) is 2.45. The number of carbonyl (C=O) groups is 1. The molecule has 0 amide bonds. The van der Waals surface area contributed by atoms with Crippen LogP contribution >= 0.6 is 0 Å². The first-order chi connectivity index (χ1) is 18.6. The van der Waals surface area contributed by atoms with E-state index in [1.165, 1.54) is 0 Å². The van der Waals surface area contributed by atoms with Gasteiger partial charge in [-0.2, -0.15) is 0 Å². The van der Waals surface area contributed by atoms with Crippen molar-refractivity contribution in [2.75, 3.05) is 33.5 Å². The van der Waals surface area contributed by atoms with Crippen LogP contribution in [-0.4, -0.2) is 49.4 Å². The van der Waals surface area contributed by atoms with Crippen LogP contribution in [0.5, 0.6) is 23.0 Å². The molecular formula is C30H28N2O6. The zero-order valence-electron chi connectivity index (χ0n) is 21.1. The zero-order chi connectivity index (χ0) is 26.7. The van der Waals surface area contributed by atoms with Crippen LogP contribution < -0.4 is 14.2 Å². The van der Waals surface area contributed by atoms with E-state index in [-0.39, 0.29) is 25.6 Å². The molecule has 1 heterocycles. The standard InChI is InChI=1S/C30H28N2O6/c1-31-28-19-26-27(20-30(28)37-16-15-36-14-13-33)32-12-11-29(26)38-25-9-5-22(6-10-25)18-23(34)17-21-3-7-24(35-2)8-4-21/h3-12,19-20,33H,13-18H2,2H3. The van der Waals surface area contributed by atoms with Crippen LogP contribution in [0.15, 0.2) is 72.9 Å². The highest BCUT2D eigenvalue weighted by Gasteiger charge is 2.12. The fourth-order valence-corrected chi connectivity index (χ4v) is 3.87. The number of nitrogens with zero attached hydrogens (tertiary/aromatic N) is 2. The summed E-state index contributed by atoms with van der Waals surface area (Å²) in [6.07, 6.45) is 2.32. The molecule has 0 atom stereocenters. The molecule has 0 saturated carbocycles. The average molecular weight is 513 g/mol. The van der Waals surface area contributed by atoms with Crippen LogP contribution in [0.1, 0.15) is 11.1 Å². The molecule has 0 aliphatic carbocycles. The van der Waals surface area contributed by atoms with Gasteiger partial charge in [0.15, 0.2) is 0 Å². The predicted octanol–water partition coefficient (Wildman–Crippen LogP) is 5.33. The number of pyridine rings is 1. The van der Waals surface area contributed by atoms with Gasteiger partial charge in [0.1, 0.15) is 35.4 Å². The largest absolute Gasteiger partial charge is 0.502 e. The van der Waals surface area contributed by atoms with Gasteiger partial charge in [0.25, 0.3) is 0 Å². The van der Waals surface area contributed by atoms with Crippen molar-refractivity contribution in [2.24, 2.45) is 0 Å². The van der Waals surface area contributed by atoms with Crippen molar-refractivity contribution in [3.63, 3.8) is 0 Å². The molecule has 0 saturated heterocycles. The maximum Gasteiger partial charge on any atom is 0.229 e. The molecule has 8 nitrogen and oxygen atoms in total. The molecule has 8 heteroatoms. The molecule has 0 spiro atoms. The summed E-state index contributed by atoms with van der Waals surface area (Å²) >= 11 is 0. The van der Waals surface area contributed by atoms with E-state index >= 15 is 0 Å². The van der Waals surface area contributed by atoms with Crippen molar-refractivity contribution < 1.29 is 28.8 Å². The molecule has 0 aliphatic heterocycles. The molecule has 3 aromatic carbocycles. The number of benzene rings is 3. The predicted molar refractivity (Wildman–Crippen MR) is 143 cm³/mol. The van der Waals surface area contributed by atoms with Crippen molar-refractivity contribution in [2.45, 2.75) is 12.8 Å². The van der Waals surface area contributed by atoms with Crippen molar-refractivity contribution in [1.82, 2.24) is 4.98 Å². The first-order valence-electron chi connectivity index (χ1n) is 12.1. The third kappa shape index (κ3) is 7.07. The van der Waals surface area contributed by atoms with Crippen molar-refractivity contribution in [3.05, 3.63) is 95.5 Å². The van der Waals surface area contributed by atoms with E-state index in [4.69, 9.17) is 30.6 Å². The van der Waals surface area contributed by atoms with E-state index in [0.29, 0.717) is 53.3 Å². The third-order valence-electron chi connectivity index (χ3n) is 5.74. The van der Waals surface area contributed by atoms with E-state index in [2.05, 4.69) is 9.83 Å². The highest BCUT2D eigenvalue weighted by Crippen LogP contribution is 2.37. The number of aromatic nitrogens is 1. The number of carbonyl (C=O) groups excluding carboxylic acids is 1.